The van der Waals surface area contributed by atoms with Crippen molar-refractivity contribution in [1.29, 1.82) is 0 Å². The number of benzene rings is 2. The molecule has 0 radical (unpaired) electrons. The number of ether oxygens (including phenoxy) is 1. The molecule has 0 heterocycles. The van der Waals surface area contributed by atoms with Crippen molar-refractivity contribution in [2.45, 2.75) is 18.7 Å². The van der Waals surface area contributed by atoms with Crippen molar-refractivity contribution < 1.29 is 22.7 Å². The molecule has 2 rings (SSSR count). The molecule has 29 heavy (non-hydrogen) atoms. The lowest BCUT2D eigenvalue weighted by Crippen LogP contribution is -2.30. The summed E-state index contributed by atoms with van der Waals surface area (Å²) in [4.78, 5) is 26.5. The zero-order valence-electron chi connectivity index (χ0n) is 16.2. The lowest BCUT2D eigenvalue weighted by atomic mass is 10.1. The van der Waals surface area contributed by atoms with Gasteiger partial charge >= 0.3 is 0 Å². The number of anilines is 1. The second-order valence-corrected chi connectivity index (χ2v) is 8.00. The largest absolute Gasteiger partial charge is 0.496 e. The summed E-state index contributed by atoms with van der Waals surface area (Å²) in [6, 6.07) is 8.23. The molecular formula is C19H22ClN3O5S. The van der Waals surface area contributed by atoms with Crippen LogP contribution in [0.15, 0.2) is 41.3 Å². The number of carbonyl (C=O) groups is 2. The van der Waals surface area contributed by atoms with Gasteiger partial charge in [0, 0.05) is 18.8 Å². The van der Waals surface area contributed by atoms with Gasteiger partial charge in [0.1, 0.15) is 5.75 Å². The Kier molecular flexibility index (Phi) is 7.23. The minimum absolute atomic E-state index is 0.0153. The van der Waals surface area contributed by atoms with Gasteiger partial charge in [-0.15, -0.1) is 0 Å². The molecule has 8 nitrogen and oxygen atoms in total. The second-order valence-electron chi connectivity index (χ2n) is 6.03. The molecule has 2 aromatic carbocycles. The number of amides is 2. The van der Waals surface area contributed by atoms with Crippen LogP contribution in [0.2, 0.25) is 5.02 Å². The number of carbonyl (C=O) groups excluding carboxylic acids is 2. The van der Waals surface area contributed by atoms with E-state index in [1.165, 1.54) is 37.4 Å². The molecule has 0 bridgehead atoms. The van der Waals surface area contributed by atoms with Gasteiger partial charge < -0.3 is 15.0 Å². The first kappa shape index (κ1) is 22.7. The van der Waals surface area contributed by atoms with Crippen molar-refractivity contribution >= 4 is 39.1 Å². The highest BCUT2D eigenvalue weighted by atomic mass is 35.5. The fourth-order valence-electron chi connectivity index (χ4n) is 2.69. The summed E-state index contributed by atoms with van der Waals surface area (Å²) in [6.45, 7) is 4.83. The first-order valence-electron chi connectivity index (χ1n) is 8.73. The molecular weight excluding hydrogens is 418 g/mol. The predicted molar refractivity (Wildman–Crippen MR) is 111 cm³/mol. The van der Waals surface area contributed by atoms with E-state index in [9.17, 15) is 18.0 Å². The highest BCUT2D eigenvalue weighted by molar-refractivity contribution is 7.89. The van der Waals surface area contributed by atoms with E-state index in [4.69, 9.17) is 21.5 Å². The summed E-state index contributed by atoms with van der Waals surface area (Å²) in [5, 5.41) is 7.93. The minimum Gasteiger partial charge on any atom is -0.496 e. The fraction of sp³-hybridized carbons (Fsp3) is 0.263. The van der Waals surface area contributed by atoms with Crippen LogP contribution in [-0.4, -0.2) is 45.3 Å². The molecule has 0 aliphatic carbocycles. The average Bonchev–Trinajstić information content (AvgIpc) is 2.67. The summed E-state index contributed by atoms with van der Waals surface area (Å²) < 4.78 is 28.3. The van der Waals surface area contributed by atoms with Crippen molar-refractivity contribution in [3.63, 3.8) is 0 Å². The zero-order valence-corrected chi connectivity index (χ0v) is 17.8. The molecule has 3 N–H and O–H groups in total. The minimum atomic E-state index is -3.99. The third-order valence-corrected chi connectivity index (χ3v) is 5.48. The number of sulfonamides is 1. The Morgan fingerprint density at radius 2 is 1.76 bits per heavy atom. The smallest absolute Gasteiger partial charge is 0.259 e. The monoisotopic (exact) mass is 439 g/mol. The third-order valence-electron chi connectivity index (χ3n) is 4.25. The topological polar surface area (TPSA) is 119 Å². The van der Waals surface area contributed by atoms with Crippen molar-refractivity contribution in [2.75, 3.05) is 25.5 Å². The summed E-state index contributed by atoms with van der Waals surface area (Å²) in [6.07, 6.45) is 0. The quantitative estimate of drug-likeness (QED) is 0.687. The molecule has 2 amide bonds. The van der Waals surface area contributed by atoms with Crippen molar-refractivity contribution in [2.24, 2.45) is 5.14 Å². The molecule has 0 fully saturated rings. The number of rotatable bonds is 7. The van der Waals surface area contributed by atoms with Gasteiger partial charge in [-0.3, -0.25) is 9.59 Å². The van der Waals surface area contributed by atoms with Gasteiger partial charge in [0.05, 0.1) is 28.2 Å². The van der Waals surface area contributed by atoms with E-state index in [1.807, 2.05) is 13.8 Å². The number of nitrogens with zero attached hydrogens (tertiary/aromatic N) is 1. The third kappa shape index (κ3) is 5.26. The maximum absolute atomic E-state index is 12.7. The molecule has 156 valence electrons. The van der Waals surface area contributed by atoms with Crippen LogP contribution in [-0.2, 0) is 10.0 Å². The fourth-order valence-corrected chi connectivity index (χ4v) is 3.49. The van der Waals surface area contributed by atoms with E-state index >= 15 is 0 Å². The number of hydrogen-bond donors (Lipinski definition) is 2. The molecule has 0 aliphatic rings. The van der Waals surface area contributed by atoms with Crippen LogP contribution in [0.25, 0.3) is 0 Å². The molecule has 2 aromatic rings. The Labute approximate surface area is 174 Å². The summed E-state index contributed by atoms with van der Waals surface area (Å²) >= 11 is 6.24. The van der Waals surface area contributed by atoms with Crippen LogP contribution in [0.3, 0.4) is 0 Å². The zero-order chi connectivity index (χ0) is 21.8. The Hall–Kier alpha value is -2.62. The predicted octanol–water partition coefficient (Wildman–Crippen LogP) is 2.73. The van der Waals surface area contributed by atoms with Gasteiger partial charge in [0.15, 0.2) is 0 Å². The highest BCUT2D eigenvalue weighted by Gasteiger charge is 2.19. The first-order valence-corrected chi connectivity index (χ1v) is 10.7. The normalized spacial score (nSPS) is 11.1. The number of nitrogens with two attached hydrogens (primary N) is 1. The van der Waals surface area contributed by atoms with Crippen LogP contribution in [0, 0.1) is 0 Å². The SMILES string of the molecule is CCN(CC)C(=O)c1ccc(NC(=O)c2cc(S(N)(=O)=O)ccc2OC)cc1Cl. The standard InChI is InChI=1S/C19H22ClN3O5S/c1-4-23(5-2)19(25)14-8-6-12(10-16(14)20)22-18(24)15-11-13(29(21,26)27)7-9-17(15)28-3/h6-11H,4-5H2,1-3H3,(H,22,24)(H2,21,26,27). The van der Waals surface area contributed by atoms with Crippen LogP contribution >= 0.6 is 11.6 Å². The Morgan fingerprint density at radius 3 is 2.28 bits per heavy atom. The van der Waals surface area contributed by atoms with E-state index in [1.54, 1.807) is 4.90 Å². The van der Waals surface area contributed by atoms with E-state index in [-0.39, 0.29) is 27.1 Å². The number of halogens is 1. The molecule has 0 aliphatic heterocycles. The lowest BCUT2D eigenvalue weighted by Gasteiger charge is -2.19. The number of methoxy groups -OCH3 is 1. The number of nitrogens with one attached hydrogen (secondary N) is 1. The van der Waals surface area contributed by atoms with Crippen LogP contribution in [0.1, 0.15) is 34.6 Å². The van der Waals surface area contributed by atoms with E-state index < -0.39 is 15.9 Å². The Morgan fingerprint density at radius 1 is 1.10 bits per heavy atom. The van der Waals surface area contributed by atoms with E-state index in [0.29, 0.717) is 24.3 Å². The van der Waals surface area contributed by atoms with Crippen molar-refractivity contribution in [3.05, 3.63) is 52.5 Å². The number of primary sulfonamides is 1. The lowest BCUT2D eigenvalue weighted by molar-refractivity contribution is 0.0773. The van der Waals surface area contributed by atoms with Gasteiger partial charge in [-0.2, -0.15) is 0 Å². The van der Waals surface area contributed by atoms with Gasteiger partial charge in [-0.25, -0.2) is 13.6 Å². The molecule has 0 spiro atoms. The van der Waals surface area contributed by atoms with Crippen LogP contribution in [0.4, 0.5) is 5.69 Å². The molecule has 0 unspecified atom stereocenters. The second kappa shape index (κ2) is 9.25. The summed E-state index contributed by atoms with van der Waals surface area (Å²) in [7, 11) is -2.64. The van der Waals surface area contributed by atoms with E-state index in [2.05, 4.69) is 5.32 Å². The first-order chi connectivity index (χ1) is 13.6. The molecule has 0 atom stereocenters. The molecule has 0 aromatic heterocycles. The molecule has 10 heteroatoms. The van der Waals surface area contributed by atoms with E-state index in [0.717, 1.165) is 6.07 Å². The number of hydrogen-bond acceptors (Lipinski definition) is 5. The van der Waals surface area contributed by atoms with Gasteiger partial charge in [0.2, 0.25) is 10.0 Å². The summed E-state index contributed by atoms with van der Waals surface area (Å²) in [5.41, 5.74) is 0.639. The molecule has 0 saturated heterocycles. The Balaban J connectivity index is 2.32. The Bertz CT molecular complexity index is 1040. The van der Waals surface area contributed by atoms with Gasteiger partial charge in [0.25, 0.3) is 11.8 Å². The van der Waals surface area contributed by atoms with Crippen LogP contribution < -0.4 is 15.2 Å². The van der Waals surface area contributed by atoms with Crippen molar-refractivity contribution in [1.82, 2.24) is 4.90 Å². The molecule has 0 saturated carbocycles. The van der Waals surface area contributed by atoms with Gasteiger partial charge in [-0.1, -0.05) is 11.6 Å². The average molecular weight is 440 g/mol. The van der Waals surface area contributed by atoms with Gasteiger partial charge in [-0.05, 0) is 50.2 Å². The maximum atomic E-state index is 12.7. The van der Waals surface area contributed by atoms with Crippen molar-refractivity contribution in [3.8, 4) is 5.75 Å². The maximum Gasteiger partial charge on any atom is 0.259 e. The highest BCUT2D eigenvalue weighted by Crippen LogP contribution is 2.26. The summed E-state index contributed by atoms with van der Waals surface area (Å²) in [5.74, 6) is -0.652. The van der Waals surface area contributed by atoms with Crippen LogP contribution in [0.5, 0.6) is 5.75 Å².